The third-order valence-corrected chi connectivity index (χ3v) is 4.94. The van der Waals surface area contributed by atoms with Gasteiger partial charge in [-0.15, -0.1) is 10.2 Å². The molecule has 1 amide bonds. The van der Waals surface area contributed by atoms with Gasteiger partial charge in [0.15, 0.2) is 12.4 Å². The lowest BCUT2D eigenvalue weighted by Crippen LogP contribution is -2.20. The zero-order valence-electron chi connectivity index (χ0n) is 16.4. The number of hydrogen-bond donors (Lipinski definition) is 1. The van der Waals surface area contributed by atoms with Crippen molar-refractivity contribution in [2.75, 3.05) is 19.0 Å². The van der Waals surface area contributed by atoms with E-state index >= 15 is 0 Å². The smallest absolute Gasteiger partial charge is 0.262 e. The highest BCUT2D eigenvalue weighted by molar-refractivity contribution is 5.92. The van der Waals surface area contributed by atoms with Gasteiger partial charge in [-0.1, -0.05) is 18.6 Å². The molecule has 2 aromatic carbocycles. The molecule has 1 aliphatic heterocycles. The maximum absolute atomic E-state index is 12.3. The van der Waals surface area contributed by atoms with E-state index in [0.29, 0.717) is 11.4 Å². The molecular weight excluding hydrogens is 368 g/mol. The Morgan fingerprint density at radius 3 is 2.72 bits per heavy atom. The van der Waals surface area contributed by atoms with Crippen LogP contribution in [0.3, 0.4) is 0 Å². The molecule has 2 heterocycles. The average molecular weight is 392 g/mol. The lowest BCUT2D eigenvalue weighted by molar-refractivity contribution is -0.118. The van der Waals surface area contributed by atoms with Crippen LogP contribution in [0.4, 0.5) is 5.69 Å². The first-order chi connectivity index (χ1) is 14.2. The van der Waals surface area contributed by atoms with E-state index in [4.69, 9.17) is 9.47 Å². The maximum Gasteiger partial charge on any atom is 0.262 e. The maximum atomic E-state index is 12.3. The molecule has 0 saturated carbocycles. The van der Waals surface area contributed by atoms with Crippen molar-refractivity contribution < 1.29 is 14.3 Å². The average Bonchev–Trinajstić information content (AvgIpc) is 3.01. The monoisotopic (exact) mass is 392 g/mol. The van der Waals surface area contributed by atoms with Crippen molar-refractivity contribution in [3.8, 4) is 22.9 Å². The van der Waals surface area contributed by atoms with Crippen molar-refractivity contribution in [3.63, 3.8) is 0 Å². The van der Waals surface area contributed by atoms with Gasteiger partial charge >= 0.3 is 0 Å². The molecule has 0 radical (unpaired) electrons. The minimum absolute atomic E-state index is 0.0725. The van der Waals surface area contributed by atoms with Gasteiger partial charge in [0, 0.05) is 24.2 Å². The molecule has 1 aromatic heterocycles. The second-order valence-electron chi connectivity index (χ2n) is 7.00. The summed E-state index contributed by atoms with van der Waals surface area (Å²) >= 11 is 0. The van der Waals surface area contributed by atoms with E-state index in [2.05, 4.69) is 20.1 Å². The summed E-state index contributed by atoms with van der Waals surface area (Å²) in [5, 5.41) is 11.6. The van der Waals surface area contributed by atoms with Crippen molar-refractivity contribution in [3.05, 3.63) is 54.4 Å². The molecule has 0 spiro atoms. The van der Waals surface area contributed by atoms with Gasteiger partial charge in [-0.3, -0.25) is 4.79 Å². The predicted octanol–water partition coefficient (Wildman–Crippen LogP) is 3.70. The van der Waals surface area contributed by atoms with E-state index in [1.165, 1.54) is 6.42 Å². The number of benzene rings is 2. The number of carbonyl (C=O) groups is 1. The molecule has 0 saturated heterocycles. The number of nitrogens with zero attached hydrogens (tertiary/aromatic N) is 3. The SMILES string of the molecule is COc1ccc(OCC(=O)Nc2cccc(-c3nnc4n3CCCCC4)c2)cc1. The summed E-state index contributed by atoms with van der Waals surface area (Å²) in [5.41, 5.74) is 1.65. The van der Waals surface area contributed by atoms with Gasteiger partial charge in [-0.05, 0) is 49.2 Å². The standard InChI is InChI=1S/C22H24N4O3/c1-28-18-9-11-19(12-10-18)29-15-21(27)23-17-7-5-6-16(14-17)22-25-24-20-8-3-2-4-13-26(20)22/h5-7,9-12,14H,2-4,8,13,15H2,1H3,(H,23,27). The molecule has 0 aliphatic carbocycles. The highest BCUT2D eigenvalue weighted by Crippen LogP contribution is 2.25. The number of aryl methyl sites for hydroxylation is 1. The summed E-state index contributed by atoms with van der Waals surface area (Å²) in [5.74, 6) is 3.02. The van der Waals surface area contributed by atoms with Crippen LogP contribution < -0.4 is 14.8 Å². The van der Waals surface area contributed by atoms with E-state index in [0.717, 1.165) is 48.8 Å². The fourth-order valence-corrected chi connectivity index (χ4v) is 3.45. The number of ether oxygens (including phenoxy) is 2. The summed E-state index contributed by atoms with van der Waals surface area (Å²) in [7, 11) is 1.61. The van der Waals surface area contributed by atoms with Crippen LogP contribution >= 0.6 is 0 Å². The number of anilines is 1. The molecule has 29 heavy (non-hydrogen) atoms. The number of fused-ring (bicyclic) bond motifs is 1. The van der Waals surface area contributed by atoms with E-state index in [-0.39, 0.29) is 12.5 Å². The number of rotatable bonds is 6. The lowest BCUT2D eigenvalue weighted by atomic mass is 10.2. The van der Waals surface area contributed by atoms with E-state index in [1.807, 2.05) is 24.3 Å². The summed E-state index contributed by atoms with van der Waals surface area (Å²) in [6.07, 6.45) is 4.47. The number of aromatic nitrogens is 3. The molecule has 1 N–H and O–H groups in total. The van der Waals surface area contributed by atoms with Crippen LogP contribution in [0.1, 0.15) is 25.1 Å². The molecule has 0 unspecified atom stereocenters. The quantitative estimate of drug-likeness (QED) is 0.692. The Kier molecular flexibility index (Phi) is 5.74. The van der Waals surface area contributed by atoms with Crippen LogP contribution in [0.15, 0.2) is 48.5 Å². The van der Waals surface area contributed by atoms with Gasteiger partial charge in [0.25, 0.3) is 5.91 Å². The number of amides is 1. The Bertz CT molecular complexity index is 982. The first-order valence-corrected chi connectivity index (χ1v) is 9.82. The third kappa shape index (κ3) is 4.56. The van der Waals surface area contributed by atoms with E-state index < -0.39 is 0 Å². The fraction of sp³-hybridized carbons (Fsp3) is 0.318. The predicted molar refractivity (Wildman–Crippen MR) is 110 cm³/mol. The van der Waals surface area contributed by atoms with Crippen molar-refractivity contribution in [2.45, 2.75) is 32.2 Å². The topological polar surface area (TPSA) is 78.3 Å². The zero-order valence-corrected chi connectivity index (χ0v) is 16.4. The van der Waals surface area contributed by atoms with Gasteiger partial charge < -0.3 is 19.4 Å². The van der Waals surface area contributed by atoms with Crippen LogP contribution in [-0.4, -0.2) is 34.4 Å². The van der Waals surface area contributed by atoms with Crippen molar-refractivity contribution in [1.29, 1.82) is 0 Å². The van der Waals surface area contributed by atoms with Crippen LogP contribution in [-0.2, 0) is 17.8 Å². The summed E-state index contributed by atoms with van der Waals surface area (Å²) in [6.45, 7) is 0.862. The van der Waals surface area contributed by atoms with Gasteiger partial charge in [0.1, 0.15) is 17.3 Å². The Morgan fingerprint density at radius 1 is 1.07 bits per heavy atom. The summed E-state index contributed by atoms with van der Waals surface area (Å²) < 4.78 is 12.8. The van der Waals surface area contributed by atoms with Crippen molar-refractivity contribution in [2.24, 2.45) is 0 Å². The molecule has 0 bridgehead atoms. The number of carbonyl (C=O) groups excluding carboxylic acids is 1. The molecule has 3 aromatic rings. The molecule has 150 valence electrons. The Hall–Kier alpha value is -3.35. The Morgan fingerprint density at radius 2 is 1.90 bits per heavy atom. The second kappa shape index (κ2) is 8.77. The van der Waals surface area contributed by atoms with E-state index in [1.54, 1.807) is 31.4 Å². The normalized spacial score (nSPS) is 13.3. The van der Waals surface area contributed by atoms with Gasteiger partial charge in [0.2, 0.25) is 0 Å². The Labute approximate surface area is 169 Å². The van der Waals surface area contributed by atoms with Crippen LogP contribution in [0.25, 0.3) is 11.4 Å². The fourth-order valence-electron chi connectivity index (χ4n) is 3.45. The minimum atomic E-state index is -0.224. The molecular formula is C22H24N4O3. The lowest BCUT2D eigenvalue weighted by Gasteiger charge is -2.10. The van der Waals surface area contributed by atoms with Gasteiger partial charge in [-0.2, -0.15) is 0 Å². The first kappa shape index (κ1) is 19.0. The molecule has 0 atom stereocenters. The first-order valence-electron chi connectivity index (χ1n) is 9.82. The van der Waals surface area contributed by atoms with Crippen LogP contribution in [0.5, 0.6) is 11.5 Å². The Balaban J connectivity index is 1.41. The number of hydrogen-bond acceptors (Lipinski definition) is 5. The summed E-state index contributed by atoms with van der Waals surface area (Å²) in [4.78, 5) is 12.3. The molecule has 0 fully saturated rings. The summed E-state index contributed by atoms with van der Waals surface area (Å²) in [6, 6.07) is 14.8. The highest BCUT2D eigenvalue weighted by atomic mass is 16.5. The van der Waals surface area contributed by atoms with Crippen LogP contribution in [0, 0.1) is 0 Å². The van der Waals surface area contributed by atoms with Crippen molar-refractivity contribution in [1.82, 2.24) is 14.8 Å². The van der Waals surface area contributed by atoms with Crippen LogP contribution in [0.2, 0.25) is 0 Å². The van der Waals surface area contributed by atoms with Gasteiger partial charge in [0.05, 0.1) is 7.11 Å². The minimum Gasteiger partial charge on any atom is -0.497 e. The highest BCUT2D eigenvalue weighted by Gasteiger charge is 2.16. The number of methoxy groups -OCH3 is 1. The third-order valence-electron chi connectivity index (χ3n) is 4.94. The molecule has 7 nitrogen and oxygen atoms in total. The van der Waals surface area contributed by atoms with Gasteiger partial charge in [-0.25, -0.2) is 0 Å². The van der Waals surface area contributed by atoms with E-state index in [9.17, 15) is 4.79 Å². The number of nitrogens with one attached hydrogen (secondary N) is 1. The van der Waals surface area contributed by atoms with Crippen molar-refractivity contribution >= 4 is 11.6 Å². The molecule has 1 aliphatic rings. The molecule has 4 rings (SSSR count). The largest absolute Gasteiger partial charge is 0.497 e. The second-order valence-corrected chi connectivity index (χ2v) is 7.00. The molecule has 7 heteroatoms. The zero-order chi connectivity index (χ0) is 20.1.